The van der Waals surface area contributed by atoms with Crippen LogP contribution in [0.1, 0.15) is 40.5 Å². The van der Waals surface area contributed by atoms with Crippen LogP contribution in [-0.4, -0.2) is 61.8 Å². The summed E-state index contributed by atoms with van der Waals surface area (Å²) in [4.78, 5) is 24.8. The first-order chi connectivity index (χ1) is 10.8. The molecule has 1 aliphatic heterocycles. The molecule has 1 rings (SSSR count). The van der Waals surface area contributed by atoms with E-state index >= 15 is 0 Å². The summed E-state index contributed by atoms with van der Waals surface area (Å²) in [7, 11) is 1.75. The highest BCUT2D eigenvalue weighted by Crippen LogP contribution is 2.39. The molecule has 2 amide bonds. The van der Waals surface area contributed by atoms with Crippen LogP contribution in [0.4, 0.5) is 0 Å². The number of likely N-dealkylation sites (tertiary alicyclic amines) is 1. The Morgan fingerprint density at radius 2 is 2.13 bits per heavy atom. The zero-order chi connectivity index (χ0) is 17.6. The number of amides is 2. The first-order valence-electron chi connectivity index (χ1n) is 8.28. The number of ether oxygens (including phenoxy) is 1. The van der Waals surface area contributed by atoms with Crippen LogP contribution < -0.4 is 16.4 Å². The number of carbonyl (C=O) groups excluding carboxylic acids is 2. The monoisotopic (exact) mass is 328 g/mol. The zero-order valence-corrected chi connectivity index (χ0v) is 15.0. The van der Waals surface area contributed by atoms with E-state index in [1.807, 2.05) is 13.8 Å². The predicted octanol–water partition coefficient (Wildman–Crippen LogP) is 0.0474. The van der Waals surface area contributed by atoms with Gasteiger partial charge in [-0.15, -0.1) is 0 Å². The van der Waals surface area contributed by atoms with Crippen LogP contribution in [-0.2, 0) is 14.3 Å². The highest BCUT2D eigenvalue weighted by molar-refractivity contribution is 5.81. The number of likely N-dealkylation sites (N-methyl/N-ethyl adjacent to an activating group) is 1. The van der Waals surface area contributed by atoms with E-state index in [1.54, 1.807) is 11.9 Å². The lowest BCUT2D eigenvalue weighted by molar-refractivity contribution is -0.131. The minimum absolute atomic E-state index is 0.00129. The molecule has 0 aromatic rings. The maximum absolute atomic E-state index is 11.8. The summed E-state index contributed by atoms with van der Waals surface area (Å²) < 4.78 is 5.89. The lowest BCUT2D eigenvalue weighted by Crippen LogP contribution is -2.45. The Morgan fingerprint density at radius 1 is 1.48 bits per heavy atom. The van der Waals surface area contributed by atoms with Crippen molar-refractivity contribution in [3.63, 3.8) is 0 Å². The molecule has 4 atom stereocenters. The van der Waals surface area contributed by atoms with Crippen molar-refractivity contribution in [2.75, 3.05) is 20.2 Å². The van der Waals surface area contributed by atoms with Crippen molar-refractivity contribution in [1.29, 1.82) is 0 Å². The van der Waals surface area contributed by atoms with Gasteiger partial charge in [-0.2, -0.15) is 0 Å². The van der Waals surface area contributed by atoms with Gasteiger partial charge in [-0.1, -0.05) is 13.8 Å². The van der Waals surface area contributed by atoms with Crippen LogP contribution in [0.15, 0.2) is 0 Å². The molecule has 1 aliphatic rings. The molecule has 0 saturated carbocycles. The standard InChI is InChI=1S/C16H32N4O3/c1-11(19-15(22)12(2)18-5)6-7-23-14-8-16(3,4)13(9-17)20(14)10-21/h10-14,18H,6-9,17H2,1-5H3,(H,19,22)/t11?,12-,13?,14?/m0/s1. The fraction of sp³-hybridized carbons (Fsp3) is 0.875. The molecule has 1 saturated heterocycles. The molecule has 7 heteroatoms. The van der Waals surface area contributed by atoms with E-state index in [1.165, 1.54) is 0 Å². The van der Waals surface area contributed by atoms with Gasteiger partial charge >= 0.3 is 0 Å². The molecule has 23 heavy (non-hydrogen) atoms. The van der Waals surface area contributed by atoms with E-state index in [-0.39, 0.29) is 35.7 Å². The lowest BCUT2D eigenvalue weighted by atomic mass is 9.84. The topological polar surface area (TPSA) is 96.7 Å². The van der Waals surface area contributed by atoms with E-state index in [0.29, 0.717) is 19.6 Å². The van der Waals surface area contributed by atoms with Crippen LogP contribution in [0, 0.1) is 5.41 Å². The highest BCUT2D eigenvalue weighted by atomic mass is 16.5. The quantitative estimate of drug-likeness (QED) is 0.520. The number of hydrogen-bond acceptors (Lipinski definition) is 5. The third-order valence-electron chi connectivity index (χ3n) is 4.72. The van der Waals surface area contributed by atoms with E-state index in [0.717, 1.165) is 12.8 Å². The van der Waals surface area contributed by atoms with Crippen molar-refractivity contribution >= 4 is 12.3 Å². The second-order valence-electron chi connectivity index (χ2n) is 7.03. The Kier molecular flexibility index (Phi) is 7.44. The molecule has 134 valence electrons. The van der Waals surface area contributed by atoms with Crippen molar-refractivity contribution in [3.05, 3.63) is 0 Å². The minimum Gasteiger partial charge on any atom is -0.358 e. The van der Waals surface area contributed by atoms with Gasteiger partial charge in [0.05, 0.1) is 18.7 Å². The van der Waals surface area contributed by atoms with Crippen molar-refractivity contribution in [1.82, 2.24) is 15.5 Å². The van der Waals surface area contributed by atoms with Crippen LogP contribution in [0.5, 0.6) is 0 Å². The number of rotatable bonds is 9. The second kappa shape index (κ2) is 8.61. The molecule has 0 radical (unpaired) electrons. The highest BCUT2D eigenvalue weighted by Gasteiger charge is 2.45. The van der Waals surface area contributed by atoms with Crippen LogP contribution in [0.2, 0.25) is 0 Å². The van der Waals surface area contributed by atoms with Crippen molar-refractivity contribution in [2.24, 2.45) is 11.1 Å². The molecule has 0 aromatic heterocycles. The van der Waals surface area contributed by atoms with Gasteiger partial charge in [-0.3, -0.25) is 9.59 Å². The Balaban J connectivity index is 2.43. The third-order valence-corrected chi connectivity index (χ3v) is 4.72. The summed E-state index contributed by atoms with van der Waals surface area (Å²) in [5.74, 6) is -0.0280. The van der Waals surface area contributed by atoms with Crippen LogP contribution in [0.3, 0.4) is 0 Å². The van der Waals surface area contributed by atoms with Gasteiger partial charge in [-0.25, -0.2) is 0 Å². The van der Waals surface area contributed by atoms with E-state index in [2.05, 4.69) is 24.5 Å². The molecule has 4 N–H and O–H groups in total. The molecular weight excluding hydrogens is 296 g/mol. The van der Waals surface area contributed by atoms with Gasteiger partial charge in [0.15, 0.2) is 0 Å². The molecule has 1 heterocycles. The number of nitrogens with zero attached hydrogens (tertiary/aromatic N) is 1. The average molecular weight is 328 g/mol. The van der Waals surface area contributed by atoms with Crippen molar-refractivity contribution in [3.8, 4) is 0 Å². The Morgan fingerprint density at radius 3 is 2.65 bits per heavy atom. The summed E-state index contributed by atoms with van der Waals surface area (Å²) in [6, 6.07) is -0.203. The first kappa shape index (κ1) is 19.9. The first-order valence-corrected chi connectivity index (χ1v) is 8.28. The number of nitrogens with one attached hydrogen (secondary N) is 2. The lowest BCUT2D eigenvalue weighted by Gasteiger charge is -2.29. The zero-order valence-electron chi connectivity index (χ0n) is 15.0. The van der Waals surface area contributed by atoms with E-state index in [9.17, 15) is 9.59 Å². The molecule has 7 nitrogen and oxygen atoms in total. The molecule has 1 fully saturated rings. The van der Waals surface area contributed by atoms with Gasteiger partial charge in [0, 0.05) is 12.6 Å². The Hall–Kier alpha value is -1.18. The SMILES string of the molecule is CN[C@@H](C)C(=O)NC(C)CCOC1CC(C)(C)C(CN)N1C=O. The Bertz CT molecular complexity index is 403. The molecule has 0 aromatic carbocycles. The maximum Gasteiger partial charge on any atom is 0.237 e. The predicted molar refractivity (Wildman–Crippen MR) is 89.6 cm³/mol. The van der Waals surface area contributed by atoms with Crippen LogP contribution >= 0.6 is 0 Å². The number of nitrogens with two attached hydrogens (primary N) is 1. The van der Waals surface area contributed by atoms with Gasteiger partial charge in [0.1, 0.15) is 6.23 Å². The molecular formula is C16H32N4O3. The minimum atomic E-state index is -0.241. The molecule has 0 aliphatic carbocycles. The molecule has 3 unspecified atom stereocenters. The maximum atomic E-state index is 11.8. The fourth-order valence-corrected chi connectivity index (χ4v) is 2.97. The Labute approximate surface area is 139 Å². The smallest absolute Gasteiger partial charge is 0.237 e. The molecule has 0 spiro atoms. The fourth-order valence-electron chi connectivity index (χ4n) is 2.97. The number of carbonyl (C=O) groups is 2. The normalized spacial score (nSPS) is 25.9. The third kappa shape index (κ3) is 5.16. The van der Waals surface area contributed by atoms with E-state index in [4.69, 9.17) is 10.5 Å². The van der Waals surface area contributed by atoms with Gasteiger partial charge in [0.2, 0.25) is 12.3 Å². The summed E-state index contributed by atoms with van der Waals surface area (Å²) in [5.41, 5.74) is 5.75. The van der Waals surface area contributed by atoms with Gasteiger partial charge < -0.3 is 26.0 Å². The van der Waals surface area contributed by atoms with Crippen molar-refractivity contribution < 1.29 is 14.3 Å². The van der Waals surface area contributed by atoms with Crippen molar-refractivity contribution in [2.45, 2.75) is 64.9 Å². The number of hydrogen-bond donors (Lipinski definition) is 3. The molecule has 0 bridgehead atoms. The largest absolute Gasteiger partial charge is 0.358 e. The van der Waals surface area contributed by atoms with Gasteiger partial charge in [-0.05, 0) is 39.2 Å². The van der Waals surface area contributed by atoms with E-state index < -0.39 is 0 Å². The second-order valence-corrected chi connectivity index (χ2v) is 7.03. The van der Waals surface area contributed by atoms with Gasteiger partial charge in [0.25, 0.3) is 0 Å². The summed E-state index contributed by atoms with van der Waals surface area (Å²) in [6.45, 7) is 8.88. The average Bonchev–Trinajstić information content (AvgIpc) is 2.75. The summed E-state index contributed by atoms with van der Waals surface area (Å²) in [5, 5.41) is 5.84. The summed E-state index contributed by atoms with van der Waals surface area (Å²) in [6.07, 6.45) is 2.05. The summed E-state index contributed by atoms with van der Waals surface area (Å²) >= 11 is 0. The van der Waals surface area contributed by atoms with Crippen LogP contribution in [0.25, 0.3) is 0 Å².